The largest absolute Gasteiger partial charge is 0.350 e. The minimum absolute atomic E-state index is 0.0206. The van der Waals surface area contributed by atoms with Crippen LogP contribution in [0.4, 0.5) is 0 Å². The number of aromatic nitrogens is 4. The lowest BCUT2D eigenvalue weighted by molar-refractivity contribution is -0.129. The van der Waals surface area contributed by atoms with Crippen LogP contribution in [0.2, 0.25) is 0 Å². The Balaban J connectivity index is 1.34. The molecule has 2 amide bonds. The molecule has 0 spiro atoms. The second kappa shape index (κ2) is 6.91. The highest BCUT2D eigenvalue weighted by Crippen LogP contribution is 2.20. The average molecular weight is 350 g/mol. The van der Waals surface area contributed by atoms with Gasteiger partial charge in [-0.25, -0.2) is 9.97 Å². The first kappa shape index (κ1) is 16.2. The zero-order chi connectivity index (χ0) is 17.9. The van der Waals surface area contributed by atoms with E-state index >= 15 is 0 Å². The zero-order valence-corrected chi connectivity index (χ0v) is 14.1. The number of carbonyl (C=O) groups is 2. The van der Waals surface area contributed by atoms with Crippen LogP contribution in [0, 0.1) is 5.92 Å². The maximum atomic E-state index is 12.4. The van der Waals surface area contributed by atoms with Crippen molar-refractivity contribution < 1.29 is 9.59 Å². The van der Waals surface area contributed by atoms with E-state index in [0.717, 1.165) is 11.4 Å². The van der Waals surface area contributed by atoms with Crippen LogP contribution < -0.4 is 5.32 Å². The first-order chi connectivity index (χ1) is 12.7. The fourth-order valence-electron chi connectivity index (χ4n) is 3.07. The van der Waals surface area contributed by atoms with E-state index in [9.17, 15) is 9.59 Å². The van der Waals surface area contributed by atoms with Gasteiger partial charge < -0.3 is 10.2 Å². The normalized spacial score (nSPS) is 17.0. The third-order valence-electron chi connectivity index (χ3n) is 4.39. The molecule has 3 aromatic rings. The molecule has 3 aromatic heterocycles. The molecule has 8 nitrogen and oxygen atoms in total. The van der Waals surface area contributed by atoms with Gasteiger partial charge >= 0.3 is 0 Å². The Morgan fingerprint density at radius 3 is 2.88 bits per heavy atom. The van der Waals surface area contributed by atoms with Crippen LogP contribution in [0.5, 0.6) is 0 Å². The molecule has 1 fully saturated rings. The summed E-state index contributed by atoms with van der Waals surface area (Å²) in [4.78, 5) is 39.0. The van der Waals surface area contributed by atoms with Gasteiger partial charge in [0.25, 0.3) is 0 Å². The Morgan fingerprint density at radius 2 is 2.08 bits per heavy atom. The summed E-state index contributed by atoms with van der Waals surface area (Å²) in [6.07, 6.45) is 7.28. The Bertz CT molecular complexity index is 906. The molecule has 26 heavy (non-hydrogen) atoms. The van der Waals surface area contributed by atoms with Crippen molar-refractivity contribution in [2.45, 2.75) is 19.5 Å². The molecule has 0 aromatic carbocycles. The second-order valence-electron chi connectivity index (χ2n) is 6.27. The summed E-state index contributed by atoms with van der Waals surface area (Å²) < 4.78 is 1.80. The van der Waals surface area contributed by atoms with Gasteiger partial charge in [-0.3, -0.25) is 19.0 Å². The Morgan fingerprint density at radius 1 is 1.19 bits per heavy atom. The fraction of sp³-hybridized carbons (Fsp3) is 0.278. The van der Waals surface area contributed by atoms with Crippen LogP contribution in [-0.2, 0) is 22.7 Å². The predicted molar refractivity (Wildman–Crippen MR) is 92.6 cm³/mol. The number of pyridine rings is 1. The number of amides is 2. The third kappa shape index (κ3) is 3.39. The zero-order valence-electron chi connectivity index (χ0n) is 14.1. The van der Waals surface area contributed by atoms with Crippen LogP contribution in [-0.4, -0.2) is 42.6 Å². The third-order valence-corrected chi connectivity index (χ3v) is 4.39. The molecule has 0 bridgehead atoms. The molecule has 1 N–H and O–H groups in total. The van der Waals surface area contributed by atoms with E-state index in [0.29, 0.717) is 25.4 Å². The molecule has 4 heterocycles. The van der Waals surface area contributed by atoms with E-state index in [2.05, 4.69) is 20.3 Å². The van der Waals surface area contributed by atoms with E-state index in [1.807, 2.05) is 36.7 Å². The van der Waals surface area contributed by atoms with E-state index in [1.165, 1.54) is 0 Å². The molecule has 0 saturated carbocycles. The molecule has 1 aliphatic heterocycles. The number of imidazole rings is 1. The summed E-state index contributed by atoms with van der Waals surface area (Å²) in [6, 6.07) is 7.41. The summed E-state index contributed by atoms with van der Waals surface area (Å²) in [6.45, 7) is 1.16. The van der Waals surface area contributed by atoms with Crippen molar-refractivity contribution >= 4 is 17.6 Å². The number of nitrogens with zero attached hydrogens (tertiary/aromatic N) is 5. The van der Waals surface area contributed by atoms with Gasteiger partial charge in [0.2, 0.25) is 17.6 Å². The van der Waals surface area contributed by atoms with Crippen molar-refractivity contribution in [3.8, 4) is 0 Å². The van der Waals surface area contributed by atoms with Gasteiger partial charge in [-0.15, -0.1) is 0 Å². The van der Waals surface area contributed by atoms with Crippen LogP contribution in [0.1, 0.15) is 17.8 Å². The first-order valence-electron chi connectivity index (χ1n) is 8.43. The average Bonchev–Trinajstić information content (AvgIpc) is 3.24. The van der Waals surface area contributed by atoms with Crippen molar-refractivity contribution in [2.24, 2.45) is 5.92 Å². The highest BCUT2D eigenvalue weighted by atomic mass is 16.2. The van der Waals surface area contributed by atoms with E-state index in [-0.39, 0.29) is 24.2 Å². The van der Waals surface area contributed by atoms with Crippen LogP contribution in [0.3, 0.4) is 0 Å². The summed E-state index contributed by atoms with van der Waals surface area (Å²) >= 11 is 0. The standard InChI is InChI=1S/C18H18N6O2/c25-16-8-13(10-24(16)11-14-4-1-2-5-19-14)17(26)21-9-15-12-23-7-3-6-20-18(23)22-15/h1-7,12-13H,8-11H2,(H,21,26)/t13-/m0/s1. The van der Waals surface area contributed by atoms with Gasteiger partial charge in [0, 0.05) is 37.8 Å². The highest BCUT2D eigenvalue weighted by Gasteiger charge is 2.34. The fourth-order valence-corrected chi connectivity index (χ4v) is 3.07. The Labute approximate surface area is 149 Å². The summed E-state index contributed by atoms with van der Waals surface area (Å²) in [5, 5.41) is 2.87. The quantitative estimate of drug-likeness (QED) is 0.734. The lowest BCUT2D eigenvalue weighted by atomic mass is 10.1. The molecular weight excluding hydrogens is 332 g/mol. The molecule has 0 radical (unpaired) electrons. The number of carbonyl (C=O) groups excluding carboxylic acids is 2. The lowest BCUT2D eigenvalue weighted by Gasteiger charge is -2.15. The second-order valence-corrected chi connectivity index (χ2v) is 6.27. The van der Waals surface area contributed by atoms with Gasteiger partial charge in [-0.05, 0) is 18.2 Å². The van der Waals surface area contributed by atoms with Crippen molar-refractivity contribution in [1.29, 1.82) is 0 Å². The smallest absolute Gasteiger partial charge is 0.233 e. The number of hydrogen-bond donors (Lipinski definition) is 1. The van der Waals surface area contributed by atoms with Crippen LogP contribution in [0.25, 0.3) is 5.78 Å². The minimum Gasteiger partial charge on any atom is -0.350 e. The van der Waals surface area contributed by atoms with Gasteiger partial charge in [0.15, 0.2) is 0 Å². The molecular formula is C18H18N6O2. The first-order valence-corrected chi connectivity index (χ1v) is 8.43. The van der Waals surface area contributed by atoms with E-state index in [1.54, 1.807) is 21.7 Å². The van der Waals surface area contributed by atoms with Crippen molar-refractivity contribution in [3.05, 3.63) is 60.4 Å². The van der Waals surface area contributed by atoms with Gasteiger partial charge in [-0.1, -0.05) is 6.07 Å². The molecule has 1 aliphatic rings. The molecule has 4 rings (SSSR count). The van der Waals surface area contributed by atoms with Gasteiger partial charge in [-0.2, -0.15) is 0 Å². The molecule has 132 valence electrons. The molecule has 0 unspecified atom stereocenters. The van der Waals surface area contributed by atoms with E-state index in [4.69, 9.17) is 0 Å². The number of likely N-dealkylation sites (tertiary alicyclic amines) is 1. The Hall–Kier alpha value is -3.29. The van der Waals surface area contributed by atoms with Gasteiger partial charge in [0.05, 0.1) is 30.4 Å². The maximum Gasteiger partial charge on any atom is 0.233 e. The summed E-state index contributed by atoms with van der Waals surface area (Å²) in [5.41, 5.74) is 1.55. The van der Waals surface area contributed by atoms with Crippen molar-refractivity contribution in [1.82, 2.24) is 29.6 Å². The van der Waals surface area contributed by atoms with E-state index < -0.39 is 0 Å². The summed E-state index contributed by atoms with van der Waals surface area (Å²) in [5.74, 6) is 0.0929. The molecule has 1 atom stereocenters. The predicted octanol–water partition coefficient (Wildman–Crippen LogP) is 0.789. The number of hydrogen-bond acceptors (Lipinski definition) is 5. The molecule has 1 saturated heterocycles. The summed E-state index contributed by atoms with van der Waals surface area (Å²) in [7, 11) is 0. The topological polar surface area (TPSA) is 92.5 Å². The Kier molecular flexibility index (Phi) is 4.30. The number of nitrogens with one attached hydrogen (secondary N) is 1. The van der Waals surface area contributed by atoms with Crippen LogP contribution in [0.15, 0.2) is 49.1 Å². The maximum absolute atomic E-state index is 12.4. The lowest BCUT2D eigenvalue weighted by Crippen LogP contribution is -2.32. The number of fused-ring (bicyclic) bond motifs is 1. The SMILES string of the molecule is O=C(NCc1cn2cccnc2n1)[C@H]1CC(=O)N(Cc2ccccn2)C1. The van der Waals surface area contributed by atoms with Crippen molar-refractivity contribution in [2.75, 3.05) is 6.54 Å². The highest BCUT2D eigenvalue weighted by molar-refractivity contribution is 5.89. The van der Waals surface area contributed by atoms with Gasteiger partial charge in [0.1, 0.15) is 0 Å². The minimum atomic E-state index is -0.346. The van der Waals surface area contributed by atoms with Crippen molar-refractivity contribution in [3.63, 3.8) is 0 Å². The molecule has 8 heteroatoms. The molecule has 0 aliphatic carbocycles. The number of rotatable bonds is 5. The van der Waals surface area contributed by atoms with Crippen LogP contribution >= 0.6 is 0 Å². The monoisotopic (exact) mass is 350 g/mol.